The van der Waals surface area contributed by atoms with Gasteiger partial charge in [0.1, 0.15) is 5.82 Å². The summed E-state index contributed by atoms with van der Waals surface area (Å²) in [4.78, 5) is 16.9. The van der Waals surface area contributed by atoms with E-state index in [4.69, 9.17) is 21.1 Å². The fourth-order valence-electron chi connectivity index (χ4n) is 4.12. The Hall–Kier alpha value is -2.19. The second-order valence-electron chi connectivity index (χ2n) is 9.06. The summed E-state index contributed by atoms with van der Waals surface area (Å²) in [5.74, 6) is 0.465. The zero-order valence-corrected chi connectivity index (χ0v) is 19.4. The minimum absolute atomic E-state index is 0.00832. The smallest absolute Gasteiger partial charge is 0.229 e. The van der Waals surface area contributed by atoms with Gasteiger partial charge >= 0.3 is 0 Å². The number of aromatic nitrogens is 1. The summed E-state index contributed by atoms with van der Waals surface area (Å²) in [6.45, 7) is 7.57. The number of benzene rings is 1. The van der Waals surface area contributed by atoms with Crippen LogP contribution in [-0.4, -0.2) is 55.4 Å². The monoisotopic (exact) mass is 458 g/mol. The van der Waals surface area contributed by atoms with Gasteiger partial charge in [-0.05, 0) is 57.0 Å². The average Bonchev–Trinajstić information content (AvgIpc) is 2.79. The highest BCUT2D eigenvalue weighted by Gasteiger charge is 2.29. The van der Waals surface area contributed by atoms with Crippen molar-refractivity contribution in [3.8, 4) is 11.1 Å². The number of hydrogen-bond acceptors (Lipinski definition) is 6. The van der Waals surface area contributed by atoms with Crippen LogP contribution in [0.25, 0.3) is 11.1 Å². The van der Waals surface area contributed by atoms with Gasteiger partial charge in [0.2, 0.25) is 5.91 Å². The van der Waals surface area contributed by atoms with Gasteiger partial charge in [0.25, 0.3) is 0 Å². The molecule has 2 atom stereocenters. The summed E-state index contributed by atoms with van der Waals surface area (Å²) in [5.41, 5.74) is 2.45. The fourth-order valence-corrected chi connectivity index (χ4v) is 4.33. The number of carbonyl (C=O) groups excluding carboxylic acids is 1. The van der Waals surface area contributed by atoms with Crippen LogP contribution < -0.4 is 16.0 Å². The third kappa shape index (κ3) is 5.98. The molecule has 2 aliphatic heterocycles. The van der Waals surface area contributed by atoms with E-state index in [1.54, 1.807) is 6.20 Å². The van der Waals surface area contributed by atoms with Gasteiger partial charge in [0.05, 0.1) is 35.9 Å². The molecule has 0 aliphatic carbocycles. The number of piperidine rings is 1. The molecule has 2 aromatic rings. The van der Waals surface area contributed by atoms with Gasteiger partial charge in [-0.3, -0.25) is 4.79 Å². The lowest BCUT2D eigenvalue weighted by Crippen LogP contribution is -2.45. The summed E-state index contributed by atoms with van der Waals surface area (Å²) >= 11 is 6.46. The number of carbonyl (C=O) groups is 1. The minimum atomic E-state index is -0.272. The molecule has 0 unspecified atom stereocenters. The standard InChI is InChI=1S/C24H31ClN4O3/c1-24(2)15-31-14-19(32-24)12-27-18-7-3-5-16(9-18)20-10-22(28-13-21(20)25)29-23(30)17-6-4-8-26-11-17/h3,5,7,9-10,13,17,19,26-27H,4,6,8,11-12,14-15H2,1-2H3,(H,28,29,30)/t17-,19+/m1/s1. The zero-order chi connectivity index (χ0) is 22.6. The van der Waals surface area contributed by atoms with Gasteiger partial charge in [-0.25, -0.2) is 4.98 Å². The second kappa shape index (κ2) is 10.2. The maximum atomic E-state index is 12.6. The highest BCUT2D eigenvalue weighted by molar-refractivity contribution is 6.33. The van der Waals surface area contributed by atoms with Crippen molar-refractivity contribution in [1.29, 1.82) is 0 Å². The molecular formula is C24H31ClN4O3. The van der Waals surface area contributed by atoms with E-state index in [-0.39, 0.29) is 23.5 Å². The number of ether oxygens (including phenoxy) is 2. The Morgan fingerprint density at radius 1 is 1.34 bits per heavy atom. The number of anilines is 2. The minimum Gasteiger partial charge on any atom is -0.382 e. The van der Waals surface area contributed by atoms with Crippen molar-refractivity contribution in [2.24, 2.45) is 5.92 Å². The number of amides is 1. The topological polar surface area (TPSA) is 84.5 Å². The largest absolute Gasteiger partial charge is 0.382 e. The molecule has 2 aliphatic rings. The second-order valence-corrected chi connectivity index (χ2v) is 9.47. The Bertz CT molecular complexity index is 947. The third-order valence-electron chi connectivity index (χ3n) is 5.72. The SMILES string of the molecule is CC1(C)COC[C@H](CNc2cccc(-c3cc(NC(=O)[C@@H]4CCCNC4)ncc3Cl)c2)O1. The number of nitrogens with one attached hydrogen (secondary N) is 3. The molecule has 2 fully saturated rings. The lowest BCUT2D eigenvalue weighted by atomic mass is 9.99. The molecule has 1 amide bonds. The molecule has 8 heteroatoms. The van der Waals surface area contributed by atoms with E-state index >= 15 is 0 Å². The first-order valence-electron chi connectivity index (χ1n) is 11.2. The molecule has 7 nitrogen and oxygen atoms in total. The highest BCUT2D eigenvalue weighted by atomic mass is 35.5. The van der Waals surface area contributed by atoms with Crippen molar-refractivity contribution in [1.82, 2.24) is 10.3 Å². The van der Waals surface area contributed by atoms with Crippen molar-refractivity contribution in [3.05, 3.63) is 41.6 Å². The molecule has 32 heavy (non-hydrogen) atoms. The van der Waals surface area contributed by atoms with Crippen molar-refractivity contribution >= 4 is 29.0 Å². The quantitative estimate of drug-likeness (QED) is 0.608. The Morgan fingerprint density at radius 3 is 3.00 bits per heavy atom. The summed E-state index contributed by atoms with van der Waals surface area (Å²) in [5, 5.41) is 10.2. The van der Waals surface area contributed by atoms with Crippen LogP contribution in [0, 0.1) is 5.92 Å². The Labute approximate surface area is 194 Å². The van der Waals surface area contributed by atoms with Gasteiger partial charge in [-0.15, -0.1) is 0 Å². The Kier molecular flexibility index (Phi) is 7.30. The van der Waals surface area contributed by atoms with Crippen molar-refractivity contribution in [3.63, 3.8) is 0 Å². The van der Waals surface area contributed by atoms with Crippen LogP contribution in [0.15, 0.2) is 36.5 Å². The fraction of sp³-hybridized carbons (Fsp3) is 0.500. The van der Waals surface area contributed by atoms with Gasteiger partial charge in [0.15, 0.2) is 0 Å². The summed E-state index contributed by atoms with van der Waals surface area (Å²) in [7, 11) is 0. The van der Waals surface area contributed by atoms with Crippen LogP contribution in [0.4, 0.5) is 11.5 Å². The number of rotatable bonds is 6. The van der Waals surface area contributed by atoms with Crippen LogP contribution in [-0.2, 0) is 14.3 Å². The van der Waals surface area contributed by atoms with Gasteiger partial charge in [-0.1, -0.05) is 23.7 Å². The highest BCUT2D eigenvalue weighted by Crippen LogP contribution is 2.31. The molecule has 4 rings (SSSR count). The predicted octanol–water partition coefficient (Wildman–Crippen LogP) is 3.95. The average molecular weight is 459 g/mol. The summed E-state index contributed by atoms with van der Waals surface area (Å²) < 4.78 is 11.7. The van der Waals surface area contributed by atoms with E-state index in [0.29, 0.717) is 37.1 Å². The van der Waals surface area contributed by atoms with Crippen molar-refractivity contribution in [2.75, 3.05) is 43.5 Å². The molecular weight excluding hydrogens is 428 g/mol. The lowest BCUT2D eigenvalue weighted by molar-refractivity contribution is -0.177. The zero-order valence-electron chi connectivity index (χ0n) is 18.6. The van der Waals surface area contributed by atoms with Crippen LogP contribution in [0.2, 0.25) is 5.02 Å². The van der Waals surface area contributed by atoms with Crippen LogP contribution in [0.5, 0.6) is 0 Å². The molecule has 172 valence electrons. The maximum absolute atomic E-state index is 12.6. The van der Waals surface area contributed by atoms with Crippen LogP contribution >= 0.6 is 11.6 Å². The Morgan fingerprint density at radius 2 is 2.22 bits per heavy atom. The van der Waals surface area contributed by atoms with Gasteiger partial charge in [-0.2, -0.15) is 0 Å². The molecule has 3 N–H and O–H groups in total. The number of hydrogen-bond donors (Lipinski definition) is 3. The molecule has 0 spiro atoms. The maximum Gasteiger partial charge on any atom is 0.229 e. The molecule has 0 bridgehead atoms. The molecule has 1 aromatic carbocycles. The van der Waals surface area contributed by atoms with Gasteiger partial charge in [0, 0.05) is 30.5 Å². The first kappa shape index (κ1) is 23.0. The number of nitrogens with zero attached hydrogens (tertiary/aromatic N) is 1. The molecule has 1 aromatic heterocycles. The molecule has 0 radical (unpaired) electrons. The lowest BCUT2D eigenvalue weighted by Gasteiger charge is -2.36. The van der Waals surface area contributed by atoms with E-state index in [1.807, 2.05) is 44.2 Å². The number of halogens is 1. The first-order valence-corrected chi connectivity index (χ1v) is 11.5. The van der Waals surface area contributed by atoms with Crippen LogP contribution in [0.3, 0.4) is 0 Å². The first-order chi connectivity index (χ1) is 15.4. The predicted molar refractivity (Wildman–Crippen MR) is 127 cm³/mol. The van der Waals surface area contributed by atoms with E-state index in [0.717, 1.165) is 36.2 Å². The molecule has 3 heterocycles. The normalized spacial score (nSPS) is 22.8. The van der Waals surface area contributed by atoms with Crippen molar-refractivity contribution in [2.45, 2.75) is 38.4 Å². The summed E-state index contributed by atoms with van der Waals surface area (Å²) in [6.07, 6.45) is 3.47. The van der Waals surface area contributed by atoms with E-state index in [9.17, 15) is 4.79 Å². The summed E-state index contributed by atoms with van der Waals surface area (Å²) in [6, 6.07) is 9.84. The van der Waals surface area contributed by atoms with Gasteiger partial charge < -0.3 is 25.4 Å². The van der Waals surface area contributed by atoms with E-state index in [2.05, 4.69) is 20.9 Å². The van der Waals surface area contributed by atoms with E-state index < -0.39 is 0 Å². The van der Waals surface area contributed by atoms with Crippen LogP contribution in [0.1, 0.15) is 26.7 Å². The van der Waals surface area contributed by atoms with E-state index in [1.165, 1.54) is 0 Å². The van der Waals surface area contributed by atoms with Crippen molar-refractivity contribution < 1.29 is 14.3 Å². The third-order valence-corrected chi connectivity index (χ3v) is 6.02. The number of pyridine rings is 1. The molecule has 0 saturated carbocycles. The molecule has 2 saturated heterocycles. The Balaban J connectivity index is 1.43.